The van der Waals surface area contributed by atoms with E-state index in [1.807, 2.05) is 20.8 Å². The van der Waals surface area contributed by atoms with Gasteiger partial charge >= 0.3 is 0 Å². The molecule has 1 atom stereocenters. The molecular formula is C26H38N2O2. The molecule has 2 aliphatic carbocycles. The Kier molecular flexibility index (Phi) is 5.82. The number of piperidine rings is 1. The molecule has 0 bridgehead atoms. The SMILES string of the molecule is Cc1ccc(C2CCN(C3CC4(CC(C(=O)NC(C=O)C(C)(C)C)C4)C3)CC2)cc1. The highest BCUT2D eigenvalue weighted by Crippen LogP contribution is 2.60. The average molecular weight is 411 g/mol. The quantitative estimate of drug-likeness (QED) is 0.729. The van der Waals surface area contributed by atoms with Crippen molar-refractivity contribution in [2.45, 2.75) is 84.2 Å². The smallest absolute Gasteiger partial charge is 0.223 e. The fourth-order valence-electron chi connectivity index (χ4n) is 5.86. The van der Waals surface area contributed by atoms with Crippen LogP contribution in [-0.4, -0.2) is 42.3 Å². The molecular weight excluding hydrogens is 372 g/mol. The molecule has 1 aromatic carbocycles. The minimum absolute atomic E-state index is 0.0787. The zero-order valence-corrected chi connectivity index (χ0v) is 19.1. The summed E-state index contributed by atoms with van der Waals surface area (Å²) < 4.78 is 0. The van der Waals surface area contributed by atoms with Gasteiger partial charge < -0.3 is 15.0 Å². The van der Waals surface area contributed by atoms with E-state index < -0.39 is 6.04 Å². The van der Waals surface area contributed by atoms with Crippen molar-refractivity contribution in [3.05, 3.63) is 35.4 Å². The highest BCUT2D eigenvalue weighted by atomic mass is 16.2. The molecule has 0 radical (unpaired) electrons. The van der Waals surface area contributed by atoms with Crippen LogP contribution in [0.2, 0.25) is 0 Å². The Hall–Kier alpha value is -1.68. The highest BCUT2D eigenvalue weighted by Gasteiger charge is 2.56. The lowest BCUT2D eigenvalue weighted by atomic mass is 9.49. The molecule has 0 aromatic heterocycles. The Labute approximate surface area is 181 Å². The van der Waals surface area contributed by atoms with Crippen LogP contribution >= 0.6 is 0 Å². The minimum atomic E-state index is -0.398. The lowest BCUT2D eigenvalue weighted by Crippen LogP contribution is -2.60. The number of benzene rings is 1. The summed E-state index contributed by atoms with van der Waals surface area (Å²) in [5, 5.41) is 2.98. The first-order valence-electron chi connectivity index (χ1n) is 11.8. The molecule has 1 unspecified atom stereocenters. The largest absolute Gasteiger partial charge is 0.346 e. The van der Waals surface area contributed by atoms with Crippen LogP contribution in [0.3, 0.4) is 0 Å². The second kappa shape index (κ2) is 8.11. The normalized spacial score (nSPS) is 30.9. The Morgan fingerprint density at radius 2 is 1.70 bits per heavy atom. The van der Waals surface area contributed by atoms with E-state index >= 15 is 0 Å². The van der Waals surface area contributed by atoms with Crippen LogP contribution in [0.5, 0.6) is 0 Å². The summed E-state index contributed by atoms with van der Waals surface area (Å²) in [6, 6.07) is 9.40. The van der Waals surface area contributed by atoms with Crippen LogP contribution in [0.4, 0.5) is 0 Å². The van der Waals surface area contributed by atoms with Crippen LogP contribution in [0.25, 0.3) is 0 Å². The third kappa shape index (κ3) is 4.34. The molecule has 1 aromatic rings. The molecule has 1 saturated heterocycles. The summed E-state index contributed by atoms with van der Waals surface area (Å²) >= 11 is 0. The topological polar surface area (TPSA) is 49.4 Å². The number of aryl methyl sites for hydroxylation is 1. The lowest BCUT2D eigenvalue weighted by Gasteiger charge is -2.60. The highest BCUT2D eigenvalue weighted by molar-refractivity contribution is 5.83. The van der Waals surface area contributed by atoms with E-state index in [-0.39, 0.29) is 17.2 Å². The number of carbonyl (C=O) groups excluding carboxylic acids is 2. The molecule has 1 heterocycles. The van der Waals surface area contributed by atoms with Crippen molar-refractivity contribution in [2.75, 3.05) is 13.1 Å². The molecule has 3 fully saturated rings. The maximum Gasteiger partial charge on any atom is 0.223 e. The molecule has 4 heteroatoms. The molecule has 1 aliphatic heterocycles. The number of nitrogens with one attached hydrogen (secondary N) is 1. The van der Waals surface area contributed by atoms with Crippen LogP contribution < -0.4 is 5.32 Å². The number of hydrogen-bond donors (Lipinski definition) is 1. The molecule has 2 saturated carbocycles. The zero-order valence-electron chi connectivity index (χ0n) is 19.1. The third-order valence-electron chi connectivity index (χ3n) is 8.03. The van der Waals surface area contributed by atoms with Crippen LogP contribution in [0.1, 0.15) is 76.3 Å². The summed E-state index contributed by atoms with van der Waals surface area (Å²) in [5.74, 6) is 0.888. The van der Waals surface area contributed by atoms with Crippen molar-refractivity contribution in [1.82, 2.24) is 10.2 Å². The second-order valence-electron chi connectivity index (χ2n) is 11.4. The third-order valence-corrected chi connectivity index (χ3v) is 8.03. The predicted octanol–water partition coefficient (Wildman–Crippen LogP) is 4.46. The van der Waals surface area contributed by atoms with Crippen LogP contribution in [0, 0.1) is 23.7 Å². The van der Waals surface area contributed by atoms with E-state index in [0.717, 1.165) is 19.1 Å². The fourth-order valence-corrected chi connectivity index (χ4v) is 5.86. The van der Waals surface area contributed by atoms with Crippen molar-refractivity contribution in [2.24, 2.45) is 16.7 Å². The number of likely N-dealkylation sites (tertiary alicyclic amines) is 1. The van der Waals surface area contributed by atoms with Crippen LogP contribution in [-0.2, 0) is 9.59 Å². The molecule has 4 nitrogen and oxygen atoms in total. The predicted molar refractivity (Wildman–Crippen MR) is 120 cm³/mol. The number of amides is 1. The van der Waals surface area contributed by atoms with E-state index in [0.29, 0.717) is 17.4 Å². The van der Waals surface area contributed by atoms with E-state index in [1.165, 1.54) is 49.9 Å². The van der Waals surface area contributed by atoms with E-state index in [4.69, 9.17) is 0 Å². The summed E-state index contributed by atoms with van der Waals surface area (Å²) in [6.45, 7) is 10.5. The maximum atomic E-state index is 12.6. The number of aldehydes is 1. The first-order valence-corrected chi connectivity index (χ1v) is 11.8. The molecule has 3 aliphatic rings. The fraction of sp³-hybridized carbons (Fsp3) is 0.692. The van der Waals surface area contributed by atoms with Crippen molar-refractivity contribution in [1.29, 1.82) is 0 Å². The van der Waals surface area contributed by atoms with Gasteiger partial charge in [-0.05, 0) is 80.8 Å². The summed E-state index contributed by atoms with van der Waals surface area (Å²) in [5.41, 5.74) is 3.01. The minimum Gasteiger partial charge on any atom is -0.346 e. The van der Waals surface area contributed by atoms with Gasteiger partial charge in [-0.3, -0.25) is 4.79 Å². The van der Waals surface area contributed by atoms with Crippen molar-refractivity contribution < 1.29 is 9.59 Å². The molecule has 1 spiro atoms. The van der Waals surface area contributed by atoms with Gasteiger partial charge in [-0.15, -0.1) is 0 Å². The van der Waals surface area contributed by atoms with Crippen LogP contribution in [0.15, 0.2) is 24.3 Å². The standard InChI is InChI=1S/C26H38N2O2/c1-18-5-7-19(8-6-18)20-9-11-28(12-10-20)22-15-26(16-22)13-21(14-26)24(30)27-23(17-29)25(2,3)4/h5-8,17,20-23H,9-16H2,1-4H3,(H,27,30). The number of hydrogen-bond acceptors (Lipinski definition) is 3. The molecule has 164 valence electrons. The second-order valence-corrected chi connectivity index (χ2v) is 11.4. The summed E-state index contributed by atoms with van der Waals surface area (Å²) in [4.78, 5) is 26.6. The summed E-state index contributed by atoms with van der Waals surface area (Å²) in [6.07, 6.45) is 7.92. The van der Waals surface area contributed by atoms with Gasteiger partial charge in [0.2, 0.25) is 5.91 Å². The van der Waals surface area contributed by atoms with E-state index in [1.54, 1.807) is 0 Å². The molecule has 30 heavy (non-hydrogen) atoms. The first-order chi connectivity index (χ1) is 14.2. The van der Waals surface area contributed by atoms with Gasteiger partial charge in [0.1, 0.15) is 6.29 Å². The van der Waals surface area contributed by atoms with E-state index in [2.05, 4.69) is 41.4 Å². The van der Waals surface area contributed by atoms with Gasteiger partial charge in [0.25, 0.3) is 0 Å². The average Bonchev–Trinajstić information content (AvgIpc) is 2.64. The Morgan fingerprint density at radius 3 is 2.23 bits per heavy atom. The number of nitrogens with zero attached hydrogens (tertiary/aromatic N) is 1. The van der Waals surface area contributed by atoms with E-state index in [9.17, 15) is 9.59 Å². The van der Waals surface area contributed by atoms with Gasteiger partial charge in [-0.2, -0.15) is 0 Å². The van der Waals surface area contributed by atoms with Gasteiger partial charge in [-0.25, -0.2) is 0 Å². The first kappa shape index (κ1) is 21.5. The van der Waals surface area contributed by atoms with Crippen molar-refractivity contribution in [3.63, 3.8) is 0 Å². The molecule has 1 amide bonds. The van der Waals surface area contributed by atoms with Gasteiger partial charge in [-0.1, -0.05) is 50.6 Å². The Bertz CT molecular complexity index is 757. The Morgan fingerprint density at radius 1 is 1.10 bits per heavy atom. The molecule has 4 rings (SSSR count). The number of rotatable bonds is 5. The molecule has 1 N–H and O–H groups in total. The van der Waals surface area contributed by atoms with Crippen molar-refractivity contribution >= 4 is 12.2 Å². The van der Waals surface area contributed by atoms with Gasteiger partial charge in [0.05, 0.1) is 6.04 Å². The van der Waals surface area contributed by atoms with Gasteiger partial charge in [0, 0.05) is 12.0 Å². The zero-order chi connectivity index (χ0) is 21.5. The lowest BCUT2D eigenvalue weighted by molar-refractivity contribution is -0.145. The Balaban J connectivity index is 1.20. The summed E-state index contributed by atoms with van der Waals surface area (Å²) in [7, 11) is 0. The monoisotopic (exact) mass is 410 g/mol. The number of carbonyl (C=O) groups is 2. The van der Waals surface area contributed by atoms with Crippen molar-refractivity contribution in [3.8, 4) is 0 Å². The van der Waals surface area contributed by atoms with Gasteiger partial charge in [0.15, 0.2) is 0 Å². The maximum absolute atomic E-state index is 12.6.